The highest BCUT2D eigenvalue weighted by Gasteiger charge is 2.08. The van der Waals surface area contributed by atoms with Crippen LogP contribution in [0.2, 0.25) is 0 Å². The lowest BCUT2D eigenvalue weighted by atomic mass is 10.2. The van der Waals surface area contributed by atoms with Crippen molar-refractivity contribution < 1.29 is 14.7 Å². The van der Waals surface area contributed by atoms with Crippen molar-refractivity contribution in [1.29, 1.82) is 5.26 Å². The van der Waals surface area contributed by atoms with E-state index in [4.69, 9.17) is 10.4 Å². The van der Waals surface area contributed by atoms with Crippen molar-refractivity contribution in [3.63, 3.8) is 0 Å². The number of carbonyl (C=O) groups excluding carboxylic acids is 1. The van der Waals surface area contributed by atoms with Gasteiger partial charge in [0.05, 0.1) is 24.6 Å². The number of anilines is 1. The first kappa shape index (κ1) is 14.7. The molecule has 19 heavy (non-hydrogen) atoms. The van der Waals surface area contributed by atoms with E-state index in [-0.39, 0.29) is 18.9 Å². The molecule has 0 heterocycles. The SMILES string of the molecule is CN(CCC(=O)O)CC(=O)Nc1ccc(C#N)cc1. The molecule has 0 radical (unpaired) electrons. The van der Waals surface area contributed by atoms with Crippen LogP contribution in [0.25, 0.3) is 0 Å². The monoisotopic (exact) mass is 261 g/mol. The lowest BCUT2D eigenvalue weighted by Gasteiger charge is -2.14. The highest BCUT2D eigenvalue weighted by Crippen LogP contribution is 2.08. The Bertz CT molecular complexity index is 491. The average Bonchev–Trinajstić information content (AvgIpc) is 2.37. The summed E-state index contributed by atoms with van der Waals surface area (Å²) in [6.07, 6.45) is 0.000641. The van der Waals surface area contributed by atoms with Crippen molar-refractivity contribution in [2.45, 2.75) is 6.42 Å². The molecule has 6 nitrogen and oxygen atoms in total. The molecule has 0 saturated carbocycles. The fraction of sp³-hybridized carbons (Fsp3) is 0.308. The highest BCUT2D eigenvalue weighted by molar-refractivity contribution is 5.92. The molecule has 0 unspecified atom stereocenters. The maximum Gasteiger partial charge on any atom is 0.304 e. The number of hydrogen-bond donors (Lipinski definition) is 2. The number of nitriles is 1. The topological polar surface area (TPSA) is 93.4 Å². The van der Waals surface area contributed by atoms with Crippen LogP contribution in [-0.2, 0) is 9.59 Å². The largest absolute Gasteiger partial charge is 0.481 e. The molecule has 0 aromatic heterocycles. The number of carbonyl (C=O) groups is 2. The second kappa shape index (κ2) is 7.13. The Labute approximate surface area is 111 Å². The van der Waals surface area contributed by atoms with Gasteiger partial charge in [0, 0.05) is 12.2 Å². The molecule has 1 rings (SSSR count). The van der Waals surface area contributed by atoms with E-state index in [2.05, 4.69) is 5.32 Å². The van der Waals surface area contributed by atoms with Crippen molar-refractivity contribution in [3.8, 4) is 6.07 Å². The number of likely N-dealkylation sites (N-methyl/N-ethyl adjacent to an activating group) is 1. The number of aliphatic carboxylic acids is 1. The van der Waals surface area contributed by atoms with Gasteiger partial charge in [0.15, 0.2) is 0 Å². The predicted octanol–water partition coefficient (Wildman–Crippen LogP) is 0.903. The average molecular weight is 261 g/mol. The molecule has 1 amide bonds. The first-order valence-electron chi connectivity index (χ1n) is 5.71. The maximum atomic E-state index is 11.7. The van der Waals surface area contributed by atoms with E-state index in [0.29, 0.717) is 17.8 Å². The van der Waals surface area contributed by atoms with E-state index < -0.39 is 5.97 Å². The van der Waals surface area contributed by atoms with Crippen LogP contribution in [0, 0.1) is 11.3 Å². The number of rotatable bonds is 6. The summed E-state index contributed by atoms with van der Waals surface area (Å²) in [6.45, 7) is 0.434. The van der Waals surface area contributed by atoms with Crippen LogP contribution in [0.1, 0.15) is 12.0 Å². The lowest BCUT2D eigenvalue weighted by molar-refractivity contribution is -0.137. The van der Waals surface area contributed by atoms with Gasteiger partial charge in [0.2, 0.25) is 5.91 Å². The normalized spacial score (nSPS) is 9.95. The maximum absolute atomic E-state index is 11.7. The Kier molecular flexibility index (Phi) is 5.51. The van der Waals surface area contributed by atoms with Crippen LogP contribution in [0.15, 0.2) is 24.3 Å². The minimum Gasteiger partial charge on any atom is -0.481 e. The Balaban J connectivity index is 2.42. The second-order valence-electron chi connectivity index (χ2n) is 4.12. The molecule has 0 aliphatic carbocycles. The number of benzene rings is 1. The van der Waals surface area contributed by atoms with Crippen molar-refractivity contribution in [3.05, 3.63) is 29.8 Å². The first-order valence-corrected chi connectivity index (χ1v) is 5.71. The number of carboxylic acids is 1. The molecule has 0 atom stereocenters. The van der Waals surface area contributed by atoms with Crippen LogP contribution < -0.4 is 5.32 Å². The van der Waals surface area contributed by atoms with Crippen LogP contribution in [0.3, 0.4) is 0 Å². The lowest BCUT2D eigenvalue weighted by Crippen LogP contribution is -2.31. The molecule has 2 N–H and O–H groups in total. The van der Waals surface area contributed by atoms with E-state index in [9.17, 15) is 9.59 Å². The van der Waals surface area contributed by atoms with E-state index in [1.807, 2.05) is 6.07 Å². The third kappa shape index (κ3) is 5.66. The van der Waals surface area contributed by atoms with Gasteiger partial charge in [0.1, 0.15) is 0 Å². The van der Waals surface area contributed by atoms with Crippen LogP contribution in [-0.4, -0.2) is 42.0 Å². The van der Waals surface area contributed by atoms with E-state index in [0.717, 1.165) is 0 Å². The Morgan fingerprint density at radius 1 is 1.37 bits per heavy atom. The molecule has 100 valence electrons. The fourth-order valence-electron chi connectivity index (χ4n) is 1.44. The second-order valence-corrected chi connectivity index (χ2v) is 4.12. The summed E-state index contributed by atoms with van der Waals surface area (Å²) in [5.41, 5.74) is 1.13. The van der Waals surface area contributed by atoms with Gasteiger partial charge in [-0.05, 0) is 31.3 Å². The molecule has 1 aromatic rings. The first-order chi connectivity index (χ1) is 9.01. The number of hydrogen-bond acceptors (Lipinski definition) is 4. The summed E-state index contributed by atoms with van der Waals surface area (Å²) in [5.74, 6) is -1.11. The molecule has 0 aliphatic heterocycles. The zero-order chi connectivity index (χ0) is 14.3. The zero-order valence-corrected chi connectivity index (χ0v) is 10.6. The summed E-state index contributed by atoms with van der Waals surface area (Å²) >= 11 is 0. The zero-order valence-electron chi connectivity index (χ0n) is 10.6. The molecule has 0 spiro atoms. The molecule has 1 aromatic carbocycles. The third-order valence-electron chi connectivity index (χ3n) is 2.42. The van der Waals surface area contributed by atoms with Gasteiger partial charge in [0.25, 0.3) is 0 Å². The third-order valence-corrected chi connectivity index (χ3v) is 2.42. The molecule has 0 fully saturated rings. The molecule has 0 bridgehead atoms. The minimum absolute atomic E-state index is 0.000641. The molecule has 0 saturated heterocycles. The Morgan fingerprint density at radius 2 is 2.00 bits per heavy atom. The number of carboxylic acid groups (broad SMARTS) is 1. The predicted molar refractivity (Wildman–Crippen MR) is 69.5 cm³/mol. The van der Waals surface area contributed by atoms with Gasteiger partial charge in [-0.2, -0.15) is 5.26 Å². The fourth-order valence-corrected chi connectivity index (χ4v) is 1.44. The Morgan fingerprint density at radius 3 is 2.53 bits per heavy atom. The Hall–Kier alpha value is -2.39. The van der Waals surface area contributed by atoms with Gasteiger partial charge in [-0.3, -0.25) is 14.5 Å². The molecular weight excluding hydrogens is 246 g/mol. The van der Waals surface area contributed by atoms with Gasteiger partial charge in [-0.15, -0.1) is 0 Å². The summed E-state index contributed by atoms with van der Waals surface area (Å²) in [5, 5.41) is 19.8. The minimum atomic E-state index is -0.889. The number of nitrogens with zero attached hydrogens (tertiary/aromatic N) is 2. The van der Waals surface area contributed by atoms with Crippen LogP contribution >= 0.6 is 0 Å². The van der Waals surface area contributed by atoms with Crippen molar-refractivity contribution in [1.82, 2.24) is 4.90 Å². The molecular formula is C13H15N3O3. The molecule has 6 heteroatoms. The smallest absolute Gasteiger partial charge is 0.304 e. The summed E-state index contributed by atoms with van der Waals surface area (Å²) < 4.78 is 0. The summed E-state index contributed by atoms with van der Waals surface area (Å²) in [7, 11) is 1.68. The van der Waals surface area contributed by atoms with Crippen molar-refractivity contribution >= 4 is 17.6 Å². The van der Waals surface area contributed by atoms with E-state index in [1.54, 1.807) is 36.2 Å². The standard InChI is InChI=1S/C13H15N3O3/c1-16(7-6-13(18)19)9-12(17)15-11-4-2-10(8-14)3-5-11/h2-5H,6-7,9H2,1H3,(H,15,17)(H,18,19). The summed E-state index contributed by atoms with van der Waals surface area (Å²) in [6, 6.07) is 8.51. The van der Waals surface area contributed by atoms with Crippen LogP contribution in [0.4, 0.5) is 5.69 Å². The number of nitrogens with one attached hydrogen (secondary N) is 1. The quantitative estimate of drug-likeness (QED) is 0.793. The van der Waals surface area contributed by atoms with Gasteiger partial charge < -0.3 is 10.4 Å². The molecule has 0 aliphatic rings. The van der Waals surface area contributed by atoms with Crippen LogP contribution in [0.5, 0.6) is 0 Å². The van der Waals surface area contributed by atoms with Crippen molar-refractivity contribution in [2.75, 3.05) is 25.5 Å². The van der Waals surface area contributed by atoms with E-state index in [1.165, 1.54) is 0 Å². The number of amides is 1. The van der Waals surface area contributed by atoms with E-state index >= 15 is 0 Å². The van der Waals surface area contributed by atoms with Gasteiger partial charge >= 0.3 is 5.97 Å². The highest BCUT2D eigenvalue weighted by atomic mass is 16.4. The van der Waals surface area contributed by atoms with Crippen molar-refractivity contribution in [2.24, 2.45) is 0 Å². The van der Waals surface area contributed by atoms with Gasteiger partial charge in [-0.1, -0.05) is 0 Å². The van der Waals surface area contributed by atoms with Gasteiger partial charge in [-0.25, -0.2) is 0 Å². The summed E-state index contributed by atoms with van der Waals surface area (Å²) in [4.78, 5) is 23.7.